The van der Waals surface area contributed by atoms with Gasteiger partial charge in [-0.05, 0) is 35.7 Å². The van der Waals surface area contributed by atoms with Crippen LogP contribution >= 0.6 is 23.4 Å². The Hall–Kier alpha value is -2.76. The number of nitrogens with zero attached hydrogens (tertiary/aromatic N) is 1. The van der Waals surface area contributed by atoms with Crippen LogP contribution in [0.15, 0.2) is 89.8 Å². The minimum Gasteiger partial charge on any atom is -0.354 e. The van der Waals surface area contributed by atoms with Crippen LogP contribution in [-0.2, 0) is 22.6 Å². The molecule has 4 nitrogen and oxygen atoms in total. The Morgan fingerprint density at radius 3 is 2.26 bits per heavy atom. The fourth-order valence-electron chi connectivity index (χ4n) is 3.65. The van der Waals surface area contributed by atoms with Gasteiger partial charge in [0.2, 0.25) is 11.8 Å². The first-order valence-electron chi connectivity index (χ1n) is 11.6. The van der Waals surface area contributed by atoms with E-state index in [0.29, 0.717) is 30.2 Å². The third kappa shape index (κ3) is 7.93. The third-order valence-electron chi connectivity index (χ3n) is 5.45. The topological polar surface area (TPSA) is 49.4 Å². The molecule has 0 bridgehead atoms. The van der Waals surface area contributed by atoms with Crippen LogP contribution < -0.4 is 5.32 Å². The molecular weight excluding hydrogens is 464 g/mol. The van der Waals surface area contributed by atoms with E-state index in [1.165, 1.54) is 0 Å². The van der Waals surface area contributed by atoms with Gasteiger partial charge in [0.05, 0.1) is 0 Å². The summed E-state index contributed by atoms with van der Waals surface area (Å²) in [6.45, 7) is 2.87. The molecule has 0 heterocycles. The second-order valence-electron chi connectivity index (χ2n) is 8.02. The van der Waals surface area contributed by atoms with Crippen LogP contribution in [0.1, 0.15) is 30.9 Å². The number of nitrogens with one attached hydrogen (secondary N) is 1. The summed E-state index contributed by atoms with van der Waals surface area (Å²) in [6, 6.07) is 26.7. The Kier molecular flexibility index (Phi) is 10.5. The summed E-state index contributed by atoms with van der Waals surface area (Å²) in [7, 11) is 0. The fraction of sp³-hybridized carbons (Fsp3) is 0.286. The molecule has 0 radical (unpaired) electrons. The van der Waals surface area contributed by atoms with E-state index in [9.17, 15) is 9.59 Å². The average molecular weight is 495 g/mol. The Labute approximate surface area is 211 Å². The number of amides is 2. The summed E-state index contributed by atoms with van der Waals surface area (Å²) in [4.78, 5) is 29.6. The molecule has 0 fully saturated rings. The first-order valence-corrected chi connectivity index (χ1v) is 13.0. The average Bonchev–Trinajstić information content (AvgIpc) is 2.87. The molecule has 1 atom stereocenters. The highest BCUT2D eigenvalue weighted by molar-refractivity contribution is 7.99. The quantitative estimate of drug-likeness (QED) is 0.315. The molecule has 3 rings (SSSR count). The number of carbonyl (C=O) groups is 2. The van der Waals surface area contributed by atoms with E-state index in [2.05, 4.69) is 5.32 Å². The van der Waals surface area contributed by atoms with Gasteiger partial charge >= 0.3 is 0 Å². The lowest BCUT2D eigenvalue weighted by Gasteiger charge is -2.32. The van der Waals surface area contributed by atoms with Crippen molar-refractivity contribution >= 4 is 35.2 Å². The maximum atomic E-state index is 13.5. The molecule has 0 saturated carbocycles. The van der Waals surface area contributed by atoms with Gasteiger partial charge in [0.15, 0.2) is 0 Å². The van der Waals surface area contributed by atoms with Gasteiger partial charge in [0, 0.05) is 41.6 Å². The molecular formula is C28H31ClN2O2S. The zero-order chi connectivity index (χ0) is 24.2. The van der Waals surface area contributed by atoms with Crippen molar-refractivity contribution in [3.63, 3.8) is 0 Å². The molecule has 3 aromatic rings. The van der Waals surface area contributed by atoms with Crippen molar-refractivity contribution in [2.45, 2.75) is 43.7 Å². The molecule has 0 aliphatic carbocycles. The Balaban J connectivity index is 1.84. The number of hydrogen-bond acceptors (Lipinski definition) is 3. The highest BCUT2D eigenvalue weighted by Crippen LogP contribution is 2.23. The predicted octanol–water partition coefficient (Wildman–Crippen LogP) is 5.99. The predicted molar refractivity (Wildman–Crippen MR) is 141 cm³/mol. The van der Waals surface area contributed by atoms with Gasteiger partial charge < -0.3 is 10.2 Å². The smallest absolute Gasteiger partial charge is 0.243 e. The van der Waals surface area contributed by atoms with E-state index in [0.717, 1.165) is 22.4 Å². The van der Waals surface area contributed by atoms with Crippen LogP contribution in [0.4, 0.5) is 0 Å². The SMILES string of the molecule is CCCNC(=O)[C@@H](Cc1ccccc1)N(Cc1ccccc1Cl)C(=O)CCSc1ccccc1. The molecule has 6 heteroatoms. The van der Waals surface area contributed by atoms with E-state index in [1.54, 1.807) is 16.7 Å². The minimum absolute atomic E-state index is 0.0593. The Morgan fingerprint density at radius 1 is 0.941 bits per heavy atom. The van der Waals surface area contributed by atoms with Crippen LogP contribution in [0.25, 0.3) is 0 Å². The second-order valence-corrected chi connectivity index (χ2v) is 9.60. The monoisotopic (exact) mass is 494 g/mol. The van der Waals surface area contributed by atoms with E-state index < -0.39 is 6.04 Å². The van der Waals surface area contributed by atoms with Gasteiger partial charge in [-0.2, -0.15) is 0 Å². The van der Waals surface area contributed by atoms with Crippen LogP contribution in [0.3, 0.4) is 0 Å². The van der Waals surface area contributed by atoms with Crippen LogP contribution in [0, 0.1) is 0 Å². The number of thioether (sulfide) groups is 1. The first kappa shape index (κ1) is 25.9. The summed E-state index contributed by atoms with van der Waals surface area (Å²) in [5.74, 6) is 0.439. The number of carbonyl (C=O) groups excluding carboxylic acids is 2. The molecule has 3 aromatic carbocycles. The zero-order valence-electron chi connectivity index (χ0n) is 19.5. The molecule has 1 N–H and O–H groups in total. The van der Waals surface area contributed by atoms with Crippen molar-refractivity contribution in [2.24, 2.45) is 0 Å². The van der Waals surface area contributed by atoms with Gasteiger partial charge in [-0.15, -0.1) is 11.8 Å². The molecule has 178 valence electrons. The lowest BCUT2D eigenvalue weighted by molar-refractivity contribution is -0.141. The van der Waals surface area contributed by atoms with E-state index in [4.69, 9.17) is 11.6 Å². The number of rotatable bonds is 12. The minimum atomic E-state index is -0.626. The van der Waals surface area contributed by atoms with E-state index >= 15 is 0 Å². The lowest BCUT2D eigenvalue weighted by atomic mass is 10.0. The maximum Gasteiger partial charge on any atom is 0.243 e. The summed E-state index contributed by atoms with van der Waals surface area (Å²) in [6.07, 6.45) is 1.60. The number of hydrogen-bond donors (Lipinski definition) is 1. The molecule has 0 saturated heterocycles. The number of benzene rings is 3. The molecule has 0 aromatic heterocycles. The molecule has 0 aliphatic heterocycles. The van der Waals surface area contributed by atoms with Crippen molar-refractivity contribution in [3.8, 4) is 0 Å². The highest BCUT2D eigenvalue weighted by atomic mass is 35.5. The summed E-state index contributed by atoms with van der Waals surface area (Å²) in [5.41, 5.74) is 1.84. The van der Waals surface area contributed by atoms with Crippen LogP contribution in [0.2, 0.25) is 5.02 Å². The summed E-state index contributed by atoms with van der Waals surface area (Å²) < 4.78 is 0. The third-order valence-corrected chi connectivity index (χ3v) is 6.83. The molecule has 2 amide bonds. The largest absolute Gasteiger partial charge is 0.354 e. The molecule has 0 spiro atoms. The van der Waals surface area contributed by atoms with Crippen molar-refractivity contribution in [1.29, 1.82) is 0 Å². The van der Waals surface area contributed by atoms with Crippen molar-refractivity contribution in [3.05, 3.63) is 101 Å². The summed E-state index contributed by atoms with van der Waals surface area (Å²) >= 11 is 8.08. The highest BCUT2D eigenvalue weighted by Gasteiger charge is 2.30. The maximum absolute atomic E-state index is 13.5. The van der Waals surface area contributed by atoms with Gasteiger partial charge in [-0.25, -0.2) is 0 Å². The fourth-order valence-corrected chi connectivity index (χ4v) is 4.70. The normalized spacial score (nSPS) is 11.6. The molecule has 0 aliphatic rings. The van der Waals surface area contributed by atoms with Crippen molar-refractivity contribution in [1.82, 2.24) is 10.2 Å². The first-order chi connectivity index (χ1) is 16.6. The molecule has 34 heavy (non-hydrogen) atoms. The van der Waals surface area contributed by atoms with E-state index in [1.807, 2.05) is 91.9 Å². The van der Waals surface area contributed by atoms with E-state index in [-0.39, 0.29) is 18.4 Å². The molecule has 0 unspecified atom stereocenters. The van der Waals surface area contributed by atoms with Crippen molar-refractivity contribution in [2.75, 3.05) is 12.3 Å². The van der Waals surface area contributed by atoms with Crippen LogP contribution in [0.5, 0.6) is 0 Å². The Bertz CT molecular complexity index is 1050. The number of halogens is 1. The zero-order valence-corrected chi connectivity index (χ0v) is 21.0. The van der Waals surface area contributed by atoms with Gasteiger partial charge in [-0.3, -0.25) is 9.59 Å². The van der Waals surface area contributed by atoms with Crippen LogP contribution in [-0.4, -0.2) is 35.1 Å². The van der Waals surface area contributed by atoms with Gasteiger partial charge in [0.25, 0.3) is 0 Å². The standard InChI is InChI=1S/C28H31ClN2O2S/c1-2-18-30-28(33)26(20-22-11-5-3-6-12-22)31(21-23-13-9-10-16-25(23)29)27(32)17-19-34-24-14-7-4-8-15-24/h3-16,26H,2,17-21H2,1H3,(H,30,33)/t26-/m1/s1. The summed E-state index contributed by atoms with van der Waals surface area (Å²) in [5, 5.41) is 3.59. The van der Waals surface area contributed by atoms with Gasteiger partial charge in [0.1, 0.15) is 6.04 Å². The Morgan fingerprint density at radius 2 is 1.59 bits per heavy atom. The van der Waals surface area contributed by atoms with Gasteiger partial charge in [-0.1, -0.05) is 85.3 Å². The second kappa shape index (κ2) is 13.8. The lowest BCUT2D eigenvalue weighted by Crippen LogP contribution is -2.50. The van der Waals surface area contributed by atoms with Crippen molar-refractivity contribution < 1.29 is 9.59 Å².